The molecule has 2 heteroatoms. The molecule has 0 spiro atoms. The lowest BCUT2D eigenvalue weighted by molar-refractivity contribution is 0.245. The summed E-state index contributed by atoms with van der Waals surface area (Å²) in [5.74, 6) is 0. The molecule has 1 atom stereocenters. The Morgan fingerprint density at radius 1 is 1.11 bits per heavy atom. The molecular formula is C16H28N2. The van der Waals surface area contributed by atoms with Crippen LogP contribution in [0.4, 0.5) is 0 Å². The summed E-state index contributed by atoms with van der Waals surface area (Å²) in [7, 11) is 2.19. The Morgan fingerprint density at radius 2 is 1.72 bits per heavy atom. The van der Waals surface area contributed by atoms with Gasteiger partial charge in [-0.25, -0.2) is 0 Å². The zero-order chi connectivity index (χ0) is 13.5. The van der Waals surface area contributed by atoms with Gasteiger partial charge in [-0.1, -0.05) is 49.1 Å². The summed E-state index contributed by atoms with van der Waals surface area (Å²) < 4.78 is 0. The normalized spacial score (nSPS) is 13.0. The standard InChI is InChI=1S/C16H28N2/c1-5-6-7-8-18(4)16(12-17)15-10-13(2)9-14(3)11-15/h9-11,16H,5-8,12,17H2,1-4H3. The second-order valence-corrected chi connectivity index (χ2v) is 5.36. The number of likely N-dealkylation sites (N-methyl/N-ethyl adjacent to an activating group) is 1. The molecule has 1 unspecified atom stereocenters. The number of benzene rings is 1. The summed E-state index contributed by atoms with van der Waals surface area (Å²) in [4.78, 5) is 2.39. The van der Waals surface area contributed by atoms with Crippen LogP contribution in [0.1, 0.15) is 48.9 Å². The van der Waals surface area contributed by atoms with E-state index in [2.05, 4.69) is 50.9 Å². The smallest absolute Gasteiger partial charge is 0.0467 e. The van der Waals surface area contributed by atoms with Crippen LogP contribution < -0.4 is 5.73 Å². The molecule has 0 saturated carbocycles. The van der Waals surface area contributed by atoms with Crippen LogP contribution in [0.5, 0.6) is 0 Å². The van der Waals surface area contributed by atoms with E-state index in [0.29, 0.717) is 12.6 Å². The zero-order valence-electron chi connectivity index (χ0n) is 12.4. The first-order chi connectivity index (χ1) is 8.58. The second-order valence-electron chi connectivity index (χ2n) is 5.36. The maximum Gasteiger partial charge on any atom is 0.0467 e. The van der Waals surface area contributed by atoms with Crippen molar-refractivity contribution in [3.63, 3.8) is 0 Å². The highest BCUT2D eigenvalue weighted by Gasteiger charge is 2.15. The molecule has 0 aliphatic heterocycles. The van der Waals surface area contributed by atoms with Gasteiger partial charge in [-0.15, -0.1) is 0 Å². The molecule has 0 saturated heterocycles. The van der Waals surface area contributed by atoms with E-state index in [0.717, 1.165) is 6.54 Å². The average molecular weight is 248 g/mol. The largest absolute Gasteiger partial charge is 0.329 e. The molecule has 1 aromatic rings. The molecule has 0 amide bonds. The number of hydrogen-bond acceptors (Lipinski definition) is 2. The Bertz CT molecular complexity index is 340. The van der Waals surface area contributed by atoms with Crippen LogP contribution >= 0.6 is 0 Å². The van der Waals surface area contributed by atoms with E-state index < -0.39 is 0 Å². The molecule has 1 aromatic carbocycles. The van der Waals surface area contributed by atoms with E-state index in [1.807, 2.05) is 0 Å². The molecule has 0 bridgehead atoms. The van der Waals surface area contributed by atoms with Crippen LogP contribution in [0.2, 0.25) is 0 Å². The Morgan fingerprint density at radius 3 is 2.22 bits per heavy atom. The van der Waals surface area contributed by atoms with Gasteiger partial charge in [0, 0.05) is 12.6 Å². The van der Waals surface area contributed by atoms with Crippen molar-refractivity contribution in [2.75, 3.05) is 20.1 Å². The van der Waals surface area contributed by atoms with E-state index in [4.69, 9.17) is 5.73 Å². The van der Waals surface area contributed by atoms with Gasteiger partial charge < -0.3 is 5.73 Å². The first-order valence-corrected chi connectivity index (χ1v) is 7.07. The third-order valence-electron chi connectivity index (χ3n) is 3.50. The lowest BCUT2D eigenvalue weighted by Crippen LogP contribution is -2.31. The van der Waals surface area contributed by atoms with E-state index in [1.165, 1.54) is 36.0 Å². The Kier molecular flexibility index (Phi) is 6.37. The second kappa shape index (κ2) is 7.55. The fourth-order valence-corrected chi connectivity index (χ4v) is 2.54. The van der Waals surface area contributed by atoms with Gasteiger partial charge in [0.25, 0.3) is 0 Å². The number of nitrogens with two attached hydrogens (primary N) is 1. The molecule has 0 aliphatic carbocycles. The van der Waals surface area contributed by atoms with Crippen molar-refractivity contribution in [2.24, 2.45) is 5.73 Å². The lowest BCUT2D eigenvalue weighted by Gasteiger charge is -2.28. The van der Waals surface area contributed by atoms with Gasteiger partial charge in [-0.05, 0) is 39.4 Å². The predicted octanol–water partition coefficient (Wildman–Crippen LogP) is 3.43. The molecule has 0 aromatic heterocycles. The van der Waals surface area contributed by atoms with Crippen LogP contribution in [-0.4, -0.2) is 25.0 Å². The number of rotatable bonds is 7. The lowest BCUT2D eigenvalue weighted by atomic mass is 10.00. The molecule has 2 nitrogen and oxygen atoms in total. The van der Waals surface area contributed by atoms with Crippen LogP contribution in [0, 0.1) is 13.8 Å². The first kappa shape index (κ1) is 15.2. The van der Waals surface area contributed by atoms with E-state index in [1.54, 1.807) is 0 Å². The predicted molar refractivity (Wildman–Crippen MR) is 79.9 cm³/mol. The summed E-state index contributed by atoms with van der Waals surface area (Å²) in [6, 6.07) is 7.09. The Hall–Kier alpha value is -0.860. The highest BCUT2D eigenvalue weighted by atomic mass is 15.1. The van der Waals surface area contributed by atoms with Crippen LogP contribution in [0.25, 0.3) is 0 Å². The number of nitrogens with zero attached hydrogens (tertiary/aromatic N) is 1. The Balaban J connectivity index is 2.74. The van der Waals surface area contributed by atoms with Crippen molar-refractivity contribution in [1.82, 2.24) is 4.90 Å². The highest BCUT2D eigenvalue weighted by molar-refractivity contribution is 5.30. The van der Waals surface area contributed by atoms with Crippen molar-refractivity contribution in [2.45, 2.75) is 46.1 Å². The van der Waals surface area contributed by atoms with Crippen molar-refractivity contribution in [1.29, 1.82) is 0 Å². The van der Waals surface area contributed by atoms with Crippen molar-refractivity contribution in [3.05, 3.63) is 34.9 Å². The number of unbranched alkanes of at least 4 members (excludes halogenated alkanes) is 2. The van der Waals surface area contributed by atoms with Crippen LogP contribution in [0.15, 0.2) is 18.2 Å². The number of hydrogen-bond donors (Lipinski definition) is 1. The maximum atomic E-state index is 5.97. The summed E-state index contributed by atoms with van der Waals surface area (Å²) in [5.41, 5.74) is 9.97. The maximum absolute atomic E-state index is 5.97. The average Bonchev–Trinajstić information content (AvgIpc) is 2.29. The van der Waals surface area contributed by atoms with Gasteiger partial charge in [-0.2, -0.15) is 0 Å². The molecule has 102 valence electrons. The third kappa shape index (κ3) is 4.43. The van der Waals surface area contributed by atoms with Gasteiger partial charge >= 0.3 is 0 Å². The van der Waals surface area contributed by atoms with Crippen LogP contribution in [0.3, 0.4) is 0 Å². The minimum absolute atomic E-state index is 0.348. The van der Waals surface area contributed by atoms with Gasteiger partial charge in [-0.3, -0.25) is 4.90 Å². The Labute approximate surface area is 112 Å². The fourth-order valence-electron chi connectivity index (χ4n) is 2.54. The zero-order valence-corrected chi connectivity index (χ0v) is 12.4. The molecule has 0 fully saturated rings. The summed E-state index contributed by atoms with van der Waals surface area (Å²) >= 11 is 0. The SMILES string of the molecule is CCCCCN(C)C(CN)c1cc(C)cc(C)c1. The third-order valence-corrected chi connectivity index (χ3v) is 3.50. The molecule has 0 radical (unpaired) electrons. The van der Waals surface area contributed by atoms with Gasteiger partial charge in [0.2, 0.25) is 0 Å². The van der Waals surface area contributed by atoms with Gasteiger partial charge in [0.1, 0.15) is 0 Å². The van der Waals surface area contributed by atoms with Gasteiger partial charge in [0.05, 0.1) is 0 Å². The van der Waals surface area contributed by atoms with E-state index in [-0.39, 0.29) is 0 Å². The number of aryl methyl sites for hydroxylation is 2. The van der Waals surface area contributed by atoms with Crippen LogP contribution in [-0.2, 0) is 0 Å². The van der Waals surface area contributed by atoms with Crippen molar-refractivity contribution >= 4 is 0 Å². The minimum atomic E-state index is 0.348. The molecule has 2 N–H and O–H groups in total. The quantitative estimate of drug-likeness (QED) is 0.749. The molecule has 0 aliphatic rings. The molecule has 0 heterocycles. The monoisotopic (exact) mass is 248 g/mol. The molecule has 18 heavy (non-hydrogen) atoms. The first-order valence-electron chi connectivity index (χ1n) is 7.07. The fraction of sp³-hybridized carbons (Fsp3) is 0.625. The minimum Gasteiger partial charge on any atom is -0.329 e. The van der Waals surface area contributed by atoms with E-state index in [9.17, 15) is 0 Å². The van der Waals surface area contributed by atoms with Gasteiger partial charge in [0.15, 0.2) is 0 Å². The highest BCUT2D eigenvalue weighted by Crippen LogP contribution is 2.21. The summed E-state index contributed by atoms with van der Waals surface area (Å²) in [6.07, 6.45) is 3.83. The summed E-state index contributed by atoms with van der Waals surface area (Å²) in [5, 5.41) is 0. The van der Waals surface area contributed by atoms with Crippen molar-refractivity contribution < 1.29 is 0 Å². The topological polar surface area (TPSA) is 29.3 Å². The molecular weight excluding hydrogens is 220 g/mol. The molecule has 1 rings (SSSR count). The van der Waals surface area contributed by atoms with E-state index >= 15 is 0 Å². The summed E-state index contributed by atoms with van der Waals surface area (Å²) in [6.45, 7) is 8.36. The van der Waals surface area contributed by atoms with Crippen molar-refractivity contribution in [3.8, 4) is 0 Å².